The number of thioether (sulfide) groups is 1. The lowest BCUT2D eigenvalue weighted by Gasteiger charge is -2.06. The van der Waals surface area contributed by atoms with Gasteiger partial charge in [-0.05, 0) is 40.8 Å². The Kier molecular flexibility index (Phi) is 5.29. The van der Waals surface area contributed by atoms with Crippen LogP contribution in [-0.4, -0.2) is 41.8 Å². The van der Waals surface area contributed by atoms with E-state index in [-0.39, 0.29) is 24.0 Å². The van der Waals surface area contributed by atoms with Gasteiger partial charge in [-0.3, -0.25) is 4.79 Å². The van der Waals surface area contributed by atoms with Crippen molar-refractivity contribution in [2.24, 2.45) is 7.05 Å². The topological polar surface area (TPSA) is 98.5 Å². The predicted octanol–water partition coefficient (Wildman–Crippen LogP) is 1.21. The van der Waals surface area contributed by atoms with E-state index in [1.165, 1.54) is 34.9 Å². The van der Waals surface area contributed by atoms with Crippen LogP contribution in [0.2, 0.25) is 0 Å². The Labute approximate surface area is 146 Å². The van der Waals surface area contributed by atoms with Crippen LogP contribution >= 0.6 is 11.8 Å². The Morgan fingerprint density at radius 2 is 2.08 bits per heavy atom. The number of benzene rings is 1. The fraction of sp³-hybridized carbons (Fsp3) is 0.200. The minimum absolute atomic E-state index is 0.157. The van der Waals surface area contributed by atoms with Crippen LogP contribution in [0, 0.1) is 5.82 Å². The molecule has 3 rings (SSSR count). The molecule has 0 radical (unpaired) electrons. The number of halogens is 1. The molecule has 0 aliphatic rings. The van der Waals surface area contributed by atoms with E-state index in [4.69, 9.17) is 0 Å². The second-order valence-electron chi connectivity index (χ2n) is 5.05. The summed E-state index contributed by atoms with van der Waals surface area (Å²) in [5.41, 5.74) is 2.11. The van der Waals surface area contributed by atoms with Crippen LogP contribution in [0.1, 0.15) is 5.69 Å². The molecular weight excluding hydrogens is 345 g/mol. The molecule has 25 heavy (non-hydrogen) atoms. The molecule has 1 amide bonds. The first-order valence-corrected chi connectivity index (χ1v) is 8.29. The highest BCUT2D eigenvalue weighted by molar-refractivity contribution is 7.99. The van der Waals surface area contributed by atoms with E-state index in [0.29, 0.717) is 16.5 Å². The zero-order chi connectivity index (χ0) is 17.6. The summed E-state index contributed by atoms with van der Waals surface area (Å²) in [4.78, 5) is 20.2. The fourth-order valence-electron chi connectivity index (χ4n) is 1.99. The zero-order valence-electron chi connectivity index (χ0n) is 13.3. The number of nitrogens with zero attached hydrogens (tertiary/aromatic N) is 6. The number of amides is 1. The summed E-state index contributed by atoms with van der Waals surface area (Å²) in [7, 11) is 1.71. The van der Waals surface area contributed by atoms with Gasteiger partial charge in [-0.1, -0.05) is 11.8 Å². The number of aryl methyl sites for hydroxylation is 1. The molecule has 3 aromatic rings. The van der Waals surface area contributed by atoms with Crippen molar-refractivity contribution in [2.45, 2.75) is 11.7 Å². The minimum Gasteiger partial charge on any atom is -0.350 e. The Balaban J connectivity index is 1.56. The van der Waals surface area contributed by atoms with Crippen molar-refractivity contribution in [2.75, 3.05) is 5.75 Å². The summed E-state index contributed by atoms with van der Waals surface area (Å²) in [5.74, 6) is -0.264. The van der Waals surface area contributed by atoms with Gasteiger partial charge in [0.1, 0.15) is 12.1 Å². The van der Waals surface area contributed by atoms with Crippen LogP contribution in [0.4, 0.5) is 4.39 Å². The molecule has 0 atom stereocenters. The maximum atomic E-state index is 13.0. The number of nitrogens with one attached hydrogen (secondary N) is 1. The summed E-state index contributed by atoms with van der Waals surface area (Å²) in [6, 6.07) is 7.79. The number of aromatic nitrogens is 6. The van der Waals surface area contributed by atoms with Crippen molar-refractivity contribution in [1.82, 2.24) is 35.5 Å². The first-order chi connectivity index (χ1) is 12.1. The van der Waals surface area contributed by atoms with E-state index < -0.39 is 0 Å². The molecule has 2 heterocycles. The Bertz CT molecular complexity index is 868. The normalized spacial score (nSPS) is 10.6. The molecule has 1 N–H and O–H groups in total. The third-order valence-electron chi connectivity index (χ3n) is 3.24. The lowest BCUT2D eigenvalue weighted by atomic mass is 10.1. The van der Waals surface area contributed by atoms with Gasteiger partial charge in [-0.15, -0.1) is 5.10 Å². The number of rotatable bonds is 6. The first kappa shape index (κ1) is 17.0. The van der Waals surface area contributed by atoms with E-state index in [0.717, 1.165) is 5.56 Å². The number of carbonyl (C=O) groups is 1. The van der Waals surface area contributed by atoms with Gasteiger partial charge in [0, 0.05) is 12.6 Å². The highest BCUT2D eigenvalue weighted by Crippen LogP contribution is 2.17. The van der Waals surface area contributed by atoms with Gasteiger partial charge in [0.15, 0.2) is 0 Å². The molecule has 0 aliphatic carbocycles. The minimum atomic E-state index is -0.305. The van der Waals surface area contributed by atoms with Crippen molar-refractivity contribution in [3.8, 4) is 11.3 Å². The van der Waals surface area contributed by atoms with Crippen LogP contribution in [0.25, 0.3) is 11.3 Å². The smallest absolute Gasteiger partial charge is 0.230 e. The van der Waals surface area contributed by atoms with Crippen molar-refractivity contribution >= 4 is 17.7 Å². The largest absolute Gasteiger partial charge is 0.350 e. The van der Waals surface area contributed by atoms with Crippen molar-refractivity contribution in [1.29, 1.82) is 0 Å². The Morgan fingerprint density at radius 3 is 2.80 bits per heavy atom. The molecular formula is C15H14FN7OS. The molecule has 128 valence electrons. The van der Waals surface area contributed by atoms with Crippen LogP contribution in [-0.2, 0) is 18.4 Å². The average Bonchev–Trinajstić information content (AvgIpc) is 3.04. The third kappa shape index (κ3) is 4.57. The molecule has 0 spiro atoms. The van der Waals surface area contributed by atoms with E-state index in [2.05, 4.69) is 30.8 Å². The van der Waals surface area contributed by atoms with Crippen LogP contribution in [0.3, 0.4) is 0 Å². The zero-order valence-corrected chi connectivity index (χ0v) is 14.1. The average molecular weight is 359 g/mol. The van der Waals surface area contributed by atoms with E-state index in [1.807, 2.05) is 0 Å². The Morgan fingerprint density at radius 1 is 1.28 bits per heavy atom. The van der Waals surface area contributed by atoms with Crippen LogP contribution < -0.4 is 5.32 Å². The first-order valence-electron chi connectivity index (χ1n) is 7.30. The molecule has 0 saturated carbocycles. The number of hydrogen-bond acceptors (Lipinski definition) is 7. The van der Waals surface area contributed by atoms with Gasteiger partial charge >= 0.3 is 0 Å². The van der Waals surface area contributed by atoms with E-state index in [9.17, 15) is 9.18 Å². The SMILES string of the molecule is Cn1nnnc1SCC(=O)NCc1cc(-c2ccc(F)cc2)ncn1. The maximum Gasteiger partial charge on any atom is 0.230 e. The Hall–Kier alpha value is -2.88. The lowest BCUT2D eigenvalue weighted by molar-refractivity contribution is -0.118. The highest BCUT2D eigenvalue weighted by Gasteiger charge is 2.08. The summed E-state index contributed by atoms with van der Waals surface area (Å²) >= 11 is 1.24. The van der Waals surface area contributed by atoms with E-state index in [1.54, 1.807) is 25.2 Å². The van der Waals surface area contributed by atoms with Gasteiger partial charge in [-0.25, -0.2) is 19.0 Å². The molecule has 0 unspecified atom stereocenters. The summed E-state index contributed by atoms with van der Waals surface area (Å²) < 4.78 is 14.5. The van der Waals surface area contributed by atoms with Crippen molar-refractivity contribution < 1.29 is 9.18 Å². The second-order valence-corrected chi connectivity index (χ2v) is 5.99. The van der Waals surface area contributed by atoms with Gasteiger partial charge in [-0.2, -0.15) is 0 Å². The number of tetrazole rings is 1. The van der Waals surface area contributed by atoms with Crippen molar-refractivity contribution in [3.05, 3.63) is 48.2 Å². The molecule has 0 saturated heterocycles. The molecule has 0 fully saturated rings. The standard InChI is InChI=1S/C15H14FN7OS/c1-23-15(20-21-22-23)25-8-14(24)17-7-12-6-13(19-9-18-12)10-2-4-11(16)5-3-10/h2-6,9H,7-8H2,1H3,(H,17,24). The molecule has 0 bridgehead atoms. The predicted molar refractivity (Wildman–Crippen MR) is 88.8 cm³/mol. The van der Waals surface area contributed by atoms with Gasteiger partial charge in [0.25, 0.3) is 0 Å². The quantitative estimate of drug-likeness (QED) is 0.661. The molecule has 1 aromatic carbocycles. The summed E-state index contributed by atoms with van der Waals surface area (Å²) in [5, 5.41) is 14.3. The molecule has 10 heteroatoms. The van der Waals surface area contributed by atoms with E-state index >= 15 is 0 Å². The summed E-state index contributed by atoms with van der Waals surface area (Å²) in [6.07, 6.45) is 1.42. The fourth-order valence-corrected chi connectivity index (χ4v) is 2.67. The maximum absolute atomic E-state index is 13.0. The van der Waals surface area contributed by atoms with Crippen LogP contribution in [0.15, 0.2) is 41.8 Å². The van der Waals surface area contributed by atoms with Crippen LogP contribution in [0.5, 0.6) is 0 Å². The van der Waals surface area contributed by atoms with Gasteiger partial charge in [0.05, 0.1) is 23.7 Å². The number of carbonyl (C=O) groups excluding carboxylic acids is 1. The van der Waals surface area contributed by atoms with Crippen molar-refractivity contribution in [3.63, 3.8) is 0 Å². The lowest BCUT2D eigenvalue weighted by Crippen LogP contribution is -2.25. The molecule has 8 nitrogen and oxygen atoms in total. The third-order valence-corrected chi connectivity index (χ3v) is 4.25. The number of hydrogen-bond donors (Lipinski definition) is 1. The molecule has 2 aromatic heterocycles. The molecule has 0 aliphatic heterocycles. The van der Waals surface area contributed by atoms with Gasteiger partial charge in [0.2, 0.25) is 11.1 Å². The highest BCUT2D eigenvalue weighted by atomic mass is 32.2. The monoisotopic (exact) mass is 359 g/mol. The summed E-state index contributed by atoms with van der Waals surface area (Å²) in [6.45, 7) is 0.271. The second kappa shape index (κ2) is 7.79. The van der Waals surface area contributed by atoms with Gasteiger partial charge < -0.3 is 5.32 Å².